The maximum absolute atomic E-state index is 11.3. The van der Waals surface area contributed by atoms with Gasteiger partial charge in [0.2, 0.25) is 0 Å². The number of nitrogens with one attached hydrogen (secondary N) is 1. The van der Waals surface area contributed by atoms with E-state index in [1.165, 1.54) is 6.26 Å². The van der Waals surface area contributed by atoms with Crippen LogP contribution in [0.1, 0.15) is 10.4 Å². The molecule has 3 nitrogen and oxygen atoms in total. The van der Waals surface area contributed by atoms with E-state index in [0.717, 1.165) is 4.43 Å². The van der Waals surface area contributed by atoms with E-state index in [-0.39, 0.29) is 5.91 Å². The van der Waals surface area contributed by atoms with E-state index < -0.39 is 0 Å². The summed E-state index contributed by atoms with van der Waals surface area (Å²) >= 11 is 5.33. The third kappa shape index (κ3) is 2.48. The average Bonchev–Trinajstić information content (AvgIpc) is 2.47. The lowest BCUT2D eigenvalue weighted by atomic mass is 10.3. The summed E-state index contributed by atoms with van der Waals surface area (Å²) in [4.78, 5) is 11.3. The molecule has 0 unspecified atom stereocenters. The van der Waals surface area contributed by atoms with E-state index in [4.69, 9.17) is 4.42 Å². The fourth-order valence-corrected chi connectivity index (χ4v) is 1.40. The first-order valence-corrected chi connectivity index (χ1v) is 5.64. The normalized spacial score (nSPS) is 9.83. The molecule has 0 aliphatic heterocycles. The van der Waals surface area contributed by atoms with Gasteiger partial charge in [0.05, 0.1) is 11.8 Å². The average molecular weight is 344 g/mol. The Bertz CT molecular complexity index is 274. The van der Waals surface area contributed by atoms with Gasteiger partial charge in [-0.1, -0.05) is 22.6 Å². The summed E-state index contributed by atoms with van der Waals surface area (Å²) < 4.78 is 6.30. The highest BCUT2D eigenvalue weighted by atomic mass is 127. The van der Waals surface area contributed by atoms with Crippen molar-refractivity contribution in [1.29, 1.82) is 0 Å². The first-order chi connectivity index (χ1) is 5.75. The van der Waals surface area contributed by atoms with Crippen LogP contribution in [0.15, 0.2) is 21.4 Å². The first-order valence-electron chi connectivity index (χ1n) is 3.33. The second-order valence-corrected chi connectivity index (χ2v) is 3.85. The number of rotatable bonds is 3. The number of halogens is 2. The zero-order valence-corrected chi connectivity index (χ0v) is 9.88. The van der Waals surface area contributed by atoms with Crippen LogP contribution in [0.25, 0.3) is 0 Å². The Balaban J connectivity index is 2.59. The van der Waals surface area contributed by atoms with Gasteiger partial charge in [-0.2, -0.15) is 0 Å². The van der Waals surface area contributed by atoms with Crippen LogP contribution in [0.4, 0.5) is 0 Å². The van der Waals surface area contributed by atoms with Crippen LogP contribution in [-0.2, 0) is 0 Å². The summed E-state index contributed by atoms with van der Waals surface area (Å²) in [5, 5.41) is 2.74. The number of amides is 1. The third-order valence-electron chi connectivity index (χ3n) is 1.24. The molecule has 1 heterocycles. The smallest absolute Gasteiger partial charge is 0.255 e. The minimum Gasteiger partial charge on any atom is -0.457 e. The molecule has 0 saturated heterocycles. The highest BCUT2D eigenvalue weighted by Gasteiger charge is 2.10. The van der Waals surface area contributed by atoms with Gasteiger partial charge in [0.25, 0.3) is 5.91 Å². The maximum Gasteiger partial charge on any atom is 0.255 e. The molecule has 0 aliphatic rings. The molecule has 0 fully saturated rings. The number of hydrogen-bond donors (Lipinski definition) is 1. The summed E-state index contributed by atoms with van der Waals surface area (Å²) in [6.07, 6.45) is 1.48. The predicted molar refractivity (Wildman–Crippen MR) is 57.6 cm³/mol. The van der Waals surface area contributed by atoms with Crippen molar-refractivity contribution in [3.8, 4) is 0 Å². The van der Waals surface area contributed by atoms with E-state index in [1.807, 2.05) is 0 Å². The molecule has 0 spiro atoms. The minimum atomic E-state index is -0.104. The molecule has 1 N–H and O–H groups in total. The molecule has 1 aromatic rings. The van der Waals surface area contributed by atoms with Crippen molar-refractivity contribution in [2.75, 3.05) is 11.0 Å². The summed E-state index contributed by atoms with van der Waals surface area (Å²) in [6, 6.07) is 1.63. The second-order valence-electron chi connectivity index (χ2n) is 2.05. The van der Waals surface area contributed by atoms with E-state index in [9.17, 15) is 4.79 Å². The molecule has 5 heteroatoms. The molecule has 1 rings (SSSR count). The highest BCUT2D eigenvalue weighted by molar-refractivity contribution is 14.1. The monoisotopic (exact) mass is 343 g/mol. The van der Waals surface area contributed by atoms with Gasteiger partial charge in [-0.15, -0.1) is 0 Å². The van der Waals surface area contributed by atoms with Gasteiger partial charge in [0.1, 0.15) is 0 Å². The Morgan fingerprint density at radius 2 is 2.50 bits per heavy atom. The number of carbonyl (C=O) groups excluding carboxylic acids is 1. The Morgan fingerprint density at radius 1 is 1.75 bits per heavy atom. The molecule has 0 aliphatic carbocycles. The van der Waals surface area contributed by atoms with E-state index in [2.05, 4.69) is 43.8 Å². The minimum absolute atomic E-state index is 0.104. The lowest BCUT2D eigenvalue weighted by Gasteiger charge is -1.99. The molecule has 66 valence electrons. The third-order valence-corrected chi connectivity index (χ3v) is 2.40. The Morgan fingerprint density at radius 3 is 3.00 bits per heavy atom. The lowest BCUT2D eigenvalue weighted by molar-refractivity contribution is 0.0954. The number of alkyl halides is 1. The van der Waals surface area contributed by atoms with Gasteiger partial charge in [0, 0.05) is 11.0 Å². The lowest BCUT2D eigenvalue weighted by Crippen LogP contribution is -2.24. The first kappa shape index (κ1) is 10.0. The maximum atomic E-state index is 11.3. The quantitative estimate of drug-likeness (QED) is 0.675. The molecule has 0 saturated carbocycles. The molecule has 1 aromatic heterocycles. The van der Waals surface area contributed by atoms with Crippen molar-refractivity contribution in [3.63, 3.8) is 0 Å². The fourth-order valence-electron chi connectivity index (χ4n) is 0.712. The van der Waals surface area contributed by atoms with Crippen LogP contribution in [0.2, 0.25) is 0 Å². The molecule has 0 atom stereocenters. The summed E-state index contributed by atoms with van der Waals surface area (Å²) in [6.45, 7) is 0.678. The van der Waals surface area contributed by atoms with Gasteiger partial charge >= 0.3 is 0 Å². The molecule has 0 aromatic carbocycles. The van der Waals surface area contributed by atoms with Gasteiger partial charge in [-0.25, -0.2) is 0 Å². The second kappa shape index (κ2) is 4.86. The van der Waals surface area contributed by atoms with Crippen molar-refractivity contribution >= 4 is 44.4 Å². The van der Waals surface area contributed by atoms with Crippen LogP contribution in [0.3, 0.4) is 0 Å². The van der Waals surface area contributed by atoms with E-state index in [0.29, 0.717) is 16.8 Å². The Labute approximate surface area is 92.2 Å². The highest BCUT2D eigenvalue weighted by Crippen LogP contribution is 2.16. The molecular weight excluding hydrogens is 337 g/mol. The van der Waals surface area contributed by atoms with Crippen LogP contribution in [0.5, 0.6) is 0 Å². The van der Waals surface area contributed by atoms with Crippen molar-refractivity contribution in [3.05, 3.63) is 22.6 Å². The zero-order valence-electron chi connectivity index (χ0n) is 6.14. The van der Waals surface area contributed by atoms with Crippen molar-refractivity contribution in [2.24, 2.45) is 0 Å². The van der Waals surface area contributed by atoms with Gasteiger partial charge in [0.15, 0.2) is 4.67 Å². The zero-order chi connectivity index (χ0) is 8.97. The van der Waals surface area contributed by atoms with Crippen LogP contribution in [0, 0.1) is 0 Å². The number of furan rings is 1. The van der Waals surface area contributed by atoms with Gasteiger partial charge in [-0.3, -0.25) is 4.79 Å². The topological polar surface area (TPSA) is 42.2 Å². The summed E-state index contributed by atoms with van der Waals surface area (Å²) in [5.41, 5.74) is 0.542. The predicted octanol–water partition coefficient (Wildman–Crippen LogP) is 2.21. The van der Waals surface area contributed by atoms with E-state index >= 15 is 0 Å². The molecule has 0 bridgehead atoms. The number of carbonyl (C=O) groups is 1. The number of hydrogen-bond acceptors (Lipinski definition) is 2. The van der Waals surface area contributed by atoms with Gasteiger partial charge < -0.3 is 9.73 Å². The van der Waals surface area contributed by atoms with Crippen molar-refractivity contribution in [2.45, 2.75) is 0 Å². The largest absolute Gasteiger partial charge is 0.457 e. The Kier molecular flexibility index (Phi) is 4.07. The SMILES string of the molecule is O=C(NCCI)c1ccoc1Br. The van der Waals surface area contributed by atoms with Crippen LogP contribution < -0.4 is 5.32 Å². The fraction of sp³-hybridized carbons (Fsp3) is 0.286. The summed E-state index contributed by atoms with van der Waals surface area (Å²) in [7, 11) is 0. The molecule has 12 heavy (non-hydrogen) atoms. The standard InChI is InChI=1S/C7H7BrINO2/c8-6-5(1-4-12-6)7(11)10-3-2-9/h1,4H,2-3H2,(H,10,11). The molecular formula is C7H7BrINO2. The van der Waals surface area contributed by atoms with Crippen LogP contribution in [-0.4, -0.2) is 16.9 Å². The van der Waals surface area contributed by atoms with Crippen LogP contribution >= 0.6 is 38.5 Å². The van der Waals surface area contributed by atoms with E-state index in [1.54, 1.807) is 6.07 Å². The Hall–Kier alpha value is -0.0400. The molecule has 0 radical (unpaired) electrons. The van der Waals surface area contributed by atoms with Crippen molar-refractivity contribution in [1.82, 2.24) is 5.32 Å². The van der Waals surface area contributed by atoms with Gasteiger partial charge in [-0.05, 0) is 22.0 Å². The summed E-state index contributed by atoms with van der Waals surface area (Å²) in [5.74, 6) is -0.104. The molecule has 1 amide bonds. The van der Waals surface area contributed by atoms with Crippen molar-refractivity contribution < 1.29 is 9.21 Å².